The summed E-state index contributed by atoms with van der Waals surface area (Å²) in [5, 5.41) is 0. The molecule has 0 amide bonds. The molecule has 328 valence electrons. The second-order valence-electron chi connectivity index (χ2n) is 21.7. The number of ether oxygens (including phenoxy) is 4. The summed E-state index contributed by atoms with van der Waals surface area (Å²) in [6.07, 6.45) is 9.39. The van der Waals surface area contributed by atoms with Crippen molar-refractivity contribution in [3.05, 3.63) is 115 Å². The first-order chi connectivity index (χ1) is 28.1. The van der Waals surface area contributed by atoms with Crippen LogP contribution in [0.5, 0.6) is 23.0 Å². The minimum atomic E-state index is -0.0730. The summed E-state index contributed by atoms with van der Waals surface area (Å²) < 4.78 is 27.1. The van der Waals surface area contributed by atoms with Gasteiger partial charge in [-0.3, -0.25) is 0 Å². The summed E-state index contributed by atoms with van der Waals surface area (Å²) in [4.78, 5) is 0. The quantitative estimate of drug-likeness (QED) is 0.118. The molecule has 8 bridgehead atoms. The molecule has 0 aliphatic heterocycles. The number of rotatable bonds is 12. The summed E-state index contributed by atoms with van der Waals surface area (Å²) >= 11 is 0. The van der Waals surface area contributed by atoms with E-state index in [1.807, 2.05) is 14.2 Å². The fourth-order valence-corrected chi connectivity index (χ4v) is 8.57. The molecule has 0 heterocycles. The summed E-state index contributed by atoms with van der Waals surface area (Å²) in [5.41, 5.74) is 14.5. The SMILES string of the molecule is CCCCCOc1c2cc(C(C)(C)C)cc1Cc1cc(C(C)(C)C)cc(c1OC)Cc1cc(C(C)(C)C)cc(c1OCCCCC)Cc1cc(C(C)(C)C)cc(c1OC)C2. The zero-order chi connectivity index (χ0) is 44.2. The van der Waals surface area contributed by atoms with E-state index >= 15 is 0 Å². The van der Waals surface area contributed by atoms with Crippen LogP contribution in [0.15, 0.2) is 48.5 Å². The molecular formula is C56H80O4. The third-order valence-electron chi connectivity index (χ3n) is 12.4. The van der Waals surface area contributed by atoms with Gasteiger partial charge < -0.3 is 18.9 Å². The predicted octanol–water partition coefficient (Wildman–Crippen LogP) is 14.7. The molecule has 4 aromatic rings. The van der Waals surface area contributed by atoms with E-state index in [1.54, 1.807) is 0 Å². The van der Waals surface area contributed by atoms with Gasteiger partial charge in [0.1, 0.15) is 23.0 Å². The van der Waals surface area contributed by atoms with E-state index < -0.39 is 0 Å². The number of unbranched alkanes of at least 4 members (excludes halogenated alkanes) is 4. The number of hydrogen-bond donors (Lipinski definition) is 0. The van der Waals surface area contributed by atoms with Crippen molar-refractivity contribution >= 4 is 0 Å². The van der Waals surface area contributed by atoms with E-state index in [1.165, 1.54) is 66.8 Å². The Balaban J connectivity index is 1.96. The second-order valence-corrected chi connectivity index (χ2v) is 21.7. The third kappa shape index (κ3) is 11.3. The molecule has 0 radical (unpaired) electrons. The Hall–Kier alpha value is -3.92. The molecule has 1 aliphatic rings. The van der Waals surface area contributed by atoms with E-state index in [0.29, 0.717) is 38.9 Å². The molecule has 4 heteroatoms. The first-order valence-electron chi connectivity index (χ1n) is 23.1. The minimum absolute atomic E-state index is 0.0723. The van der Waals surface area contributed by atoms with Gasteiger partial charge >= 0.3 is 0 Å². The second kappa shape index (κ2) is 19.0. The Morgan fingerprint density at radius 1 is 0.350 bits per heavy atom. The average molecular weight is 817 g/mol. The summed E-state index contributed by atoms with van der Waals surface area (Å²) in [5.74, 6) is 3.92. The standard InChI is InChI=1S/C56H80O4/c1-17-19-21-23-59-51-41-25-37-29-45(53(3,4)5)31-39(49(37)57-15)27-43-35-48(56(12,13)14)36-44(52(43)60-24-22-20-18-2)28-40-32-46(54(6,7)8)30-38(50(40)58-16)26-42(51)34-47(33-41)55(9,10)11/h29-36H,17-28H2,1-16H3. The zero-order valence-electron chi connectivity index (χ0n) is 40.7. The average Bonchev–Trinajstić information content (AvgIpc) is 3.14. The van der Waals surface area contributed by atoms with Crippen molar-refractivity contribution in [1.82, 2.24) is 0 Å². The van der Waals surface area contributed by atoms with Crippen LogP contribution in [-0.2, 0) is 47.3 Å². The van der Waals surface area contributed by atoms with Gasteiger partial charge in [-0.2, -0.15) is 0 Å². The van der Waals surface area contributed by atoms with Crippen molar-refractivity contribution in [3.63, 3.8) is 0 Å². The molecule has 0 spiro atoms. The Labute approximate surface area is 366 Å². The lowest BCUT2D eigenvalue weighted by Gasteiger charge is -2.29. The maximum absolute atomic E-state index is 7.02. The highest BCUT2D eigenvalue weighted by Crippen LogP contribution is 2.44. The van der Waals surface area contributed by atoms with Crippen LogP contribution in [0.3, 0.4) is 0 Å². The van der Waals surface area contributed by atoms with Gasteiger partial charge in [0.15, 0.2) is 0 Å². The lowest BCUT2D eigenvalue weighted by Crippen LogP contribution is -2.17. The third-order valence-corrected chi connectivity index (χ3v) is 12.4. The highest BCUT2D eigenvalue weighted by atomic mass is 16.5. The van der Waals surface area contributed by atoms with Gasteiger partial charge in [-0.15, -0.1) is 0 Å². The van der Waals surface area contributed by atoms with Crippen molar-refractivity contribution in [2.75, 3.05) is 27.4 Å². The molecule has 0 unspecified atom stereocenters. The molecular weight excluding hydrogens is 737 g/mol. The zero-order valence-corrected chi connectivity index (χ0v) is 40.7. The Bertz CT molecular complexity index is 1840. The van der Waals surface area contributed by atoms with Crippen LogP contribution in [0.25, 0.3) is 0 Å². The van der Waals surface area contributed by atoms with Gasteiger partial charge in [0, 0.05) is 25.7 Å². The molecule has 4 nitrogen and oxygen atoms in total. The first-order valence-corrected chi connectivity index (χ1v) is 23.1. The molecule has 5 rings (SSSR count). The van der Waals surface area contributed by atoms with Crippen LogP contribution < -0.4 is 18.9 Å². The largest absolute Gasteiger partial charge is 0.496 e. The smallest absolute Gasteiger partial charge is 0.126 e. The van der Waals surface area contributed by atoms with E-state index in [-0.39, 0.29) is 21.7 Å². The van der Waals surface area contributed by atoms with Gasteiger partial charge in [-0.05, 0) is 101 Å². The van der Waals surface area contributed by atoms with Crippen LogP contribution in [0.2, 0.25) is 0 Å². The molecule has 0 aromatic heterocycles. The van der Waals surface area contributed by atoms with Crippen molar-refractivity contribution in [3.8, 4) is 23.0 Å². The molecule has 0 saturated heterocycles. The Morgan fingerprint density at radius 3 is 0.750 bits per heavy atom. The van der Waals surface area contributed by atoms with Gasteiger partial charge in [-0.1, -0.05) is 171 Å². The normalized spacial score (nSPS) is 13.6. The van der Waals surface area contributed by atoms with Gasteiger partial charge in [-0.25, -0.2) is 0 Å². The van der Waals surface area contributed by atoms with Crippen LogP contribution in [0, 0.1) is 0 Å². The van der Waals surface area contributed by atoms with Crippen molar-refractivity contribution < 1.29 is 18.9 Å². The highest BCUT2D eigenvalue weighted by molar-refractivity contribution is 5.60. The number of benzene rings is 4. The van der Waals surface area contributed by atoms with Crippen LogP contribution in [0.1, 0.15) is 202 Å². The molecule has 0 fully saturated rings. The van der Waals surface area contributed by atoms with E-state index in [2.05, 4.69) is 145 Å². The van der Waals surface area contributed by atoms with Crippen LogP contribution >= 0.6 is 0 Å². The van der Waals surface area contributed by atoms with E-state index in [0.717, 1.165) is 61.5 Å². The van der Waals surface area contributed by atoms with Crippen LogP contribution in [-0.4, -0.2) is 27.4 Å². The molecule has 0 atom stereocenters. The number of hydrogen-bond acceptors (Lipinski definition) is 4. The van der Waals surface area contributed by atoms with E-state index in [4.69, 9.17) is 18.9 Å². The molecule has 0 saturated carbocycles. The molecule has 0 N–H and O–H groups in total. The summed E-state index contributed by atoms with van der Waals surface area (Å²) in [6.45, 7) is 33.7. The van der Waals surface area contributed by atoms with Crippen LogP contribution in [0.4, 0.5) is 0 Å². The maximum atomic E-state index is 7.02. The first kappa shape index (κ1) is 47.1. The van der Waals surface area contributed by atoms with Crippen molar-refractivity contribution in [1.29, 1.82) is 0 Å². The predicted molar refractivity (Wildman–Crippen MR) is 255 cm³/mol. The van der Waals surface area contributed by atoms with Gasteiger partial charge in [0.2, 0.25) is 0 Å². The Morgan fingerprint density at radius 2 is 0.567 bits per heavy atom. The Kier molecular flexibility index (Phi) is 14.9. The maximum Gasteiger partial charge on any atom is 0.126 e. The molecule has 60 heavy (non-hydrogen) atoms. The monoisotopic (exact) mass is 817 g/mol. The van der Waals surface area contributed by atoms with E-state index in [9.17, 15) is 0 Å². The highest BCUT2D eigenvalue weighted by Gasteiger charge is 2.29. The fraction of sp³-hybridized carbons (Fsp3) is 0.571. The summed E-state index contributed by atoms with van der Waals surface area (Å²) in [6, 6.07) is 19.3. The lowest BCUT2D eigenvalue weighted by molar-refractivity contribution is 0.300. The van der Waals surface area contributed by atoms with Gasteiger partial charge in [0.05, 0.1) is 27.4 Å². The van der Waals surface area contributed by atoms with Crippen molar-refractivity contribution in [2.24, 2.45) is 0 Å². The summed E-state index contributed by atoms with van der Waals surface area (Å²) in [7, 11) is 3.70. The van der Waals surface area contributed by atoms with Gasteiger partial charge in [0.25, 0.3) is 0 Å². The lowest BCUT2D eigenvalue weighted by atomic mass is 9.79. The topological polar surface area (TPSA) is 36.9 Å². The number of fused-ring (bicyclic) bond motifs is 8. The number of methoxy groups -OCH3 is 2. The molecule has 4 aromatic carbocycles. The fourth-order valence-electron chi connectivity index (χ4n) is 8.57. The van der Waals surface area contributed by atoms with Crippen molar-refractivity contribution in [2.45, 2.75) is 183 Å². The molecule has 1 aliphatic carbocycles. The minimum Gasteiger partial charge on any atom is -0.496 e.